The van der Waals surface area contributed by atoms with Crippen LogP contribution >= 0.6 is 0 Å². The molecule has 1 aliphatic heterocycles. The summed E-state index contributed by atoms with van der Waals surface area (Å²) in [6, 6.07) is 15.2. The van der Waals surface area contributed by atoms with E-state index in [2.05, 4.69) is 20.6 Å². The van der Waals surface area contributed by atoms with E-state index in [4.69, 9.17) is 20.4 Å². The maximum atomic E-state index is 13.8. The Kier molecular flexibility index (Phi) is 6.04. The zero-order valence-electron chi connectivity index (χ0n) is 26.1. The van der Waals surface area contributed by atoms with E-state index in [1.807, 2.05) is 52.9 Å². The first kappa shape index (κ1) is 28.0. The number of pyridine rings is 1. The number of amides is 1. The standard InChI is InChI=1S/C35H34N8O4/c1-41-30-24(12-20(14-27(30)47-2)34(45)43-16-19-9-11-25(43)29(19)36)38-32(41)26-13-18-8-10-22(37-31(18)42(26)15-17-6-7-17)21-4-3-5-23-28(21)33(44)40-35(46)39-23/h3-5,8,10,12-14,17,19,25,29H,6-7,9,11,15-16,36H2,1-2H3,(H2,39,40,44,46). The van der Waals surface area contributed by atoms with Gasteiger partial charge in [-0.25, -0.2) is 14.8 Å². The number of carbonyl (C=O) groups excluding carboxylic acids is 1. The number of likely N-dealkylation sites (tertiary alicyclic amines) is 1. The van der Waals surface area contributed by atoms with Crippen LogP contribution in [0.5, 0.6) is 5.75 Å². The summed E-state index contributed by atoms with van der Waals surface area (Å²) in [6.45, 7) is 1.47. The first-order valence-corrected chi connectivity index (χ1v) is 16.2. The van der Waals surface area contributed by atoms with Gasteiger partial charge >= 0.3 is 5.69 Å². The fraction of sp³-hybridized carbons (Fsp3) is 0.343. The van der Waals surface area contributed by atoms with Crippen LogP contribution in [-0.4, -0.2) is 65.6 Å². The molecule has 0 radical (unpaired) electrons. The van der Waals surface area contributed by atoms with Gasteiger partial charge in [0.2, 0.25) is 0 Å². The van der Waals surface area contributed by atoms with Gasteiger partial charge in [-0.15, -0.1) is 0 Å². The molecule has 12 heteroatoms. The SMILES string of the molecule is COc1cc(C(=O)N2CC3CCC2C3N)cc2nc(-c3cc4ccc(-c5cccc6[nH]c(=O)[nH]c(=O)c56)nc4n3CC3CC3)n(C)c12. The van der Waals surface area contributed by atoms with Crippen LogP contribution in [0.4, 0.5) is 0 Å². The molecule has 3 unspecified atom stereocenters. The molecule has 238 valence electrons. The number of nitrogens with zero attached hydrogens (tertiary/aromatic N) is 5. The highest BCUT2D eigenvalue weighted by Gasteiger charge is 2.47. The van der Waals surface area contributed by atoms with Crippen LogP contribution in [0.1, 0.15) is 36.0 Å². The van der Waals surface area contributed by atoms with Crippen molar-refractivity contribution in [2.24, 2.45) is 24.6 Å². The van der Waals surface area contributed by atoms with Gasteiger partial charge in [0.25, 0.3) is 11.5 Å². The van der Waals surface area contributed by atoms with Crippen LogP contribution in [0.15, 0.2) is 58.1 Å². The van der Waals surface area contributed by atoms with Crippen molar-refractivity contribution in [1.82, 2.24) is 34.0 Å². The maximum Gasteiger partial charge on any atom is 0.326 e. The average molecular weight is 631 g/mol. The van der Waals surface area contributed by atoms with Gasteiger partial charge in [-0.1, -0.05) is 12.1 Å². The molecule has 12 nitrogen and oxygen atoms in total. The van der Waals surface area contributed by atoms with Crippen LogP contribution in [0, 0.1) is 11.8 Å². The lowest BCUT2D eigenvalue weighted by atomic mass is 10.1. The number of piperidine rings is 1. The van der Waals surface area contributed by atoms with Crippen molar-refractivity contribution in [2.45, 2.75) is 44.3 Å². The van der Waals surface area contributed by atoms with E-state index >= 15 is 0 Å². The highest BCUT2D eigenvalue weighted by atomic mass is 16.5. The van der Waals surface area contributed by atoms with Crippen molar-refractivity contribution in [2.75, 3.05) is 13.7 Å². The Morgan fingerprint density at radius 2 is 1.89 bits per heavy atom. The number of aromatic nitrogens is 6. The molecule has 2 aromatic carbocycles. The van der Waals surface area contributed by atoms with Crippen molar-refractivity contribution < 1.29 is 9.53 Å². The summed E-state index contributed by atoms with van der Waals surface area (Å²) < 4.78 is 10.1. The van der Waals surface area contributed by atoms with Gasteiger partial charge in [-0.05, 0) is 73.9 Å². The summed E-state index contributed by atoms with van der Waals surface area (Å²) in [6.07, 6.45) is 4.32. The third-order valence-electron chi connectivity index (χ3n) is 10.5. The molecule has 4 aromatic heterocycles. The molecule has 2 saturated carbocycles. The first-order chi connectivity index (χ1) is 22.8. The molecule has 1 amide bonds. The van der Waals surface area contributed by atoms with E-state index in [-0.39, 0.29) is 18.0 Å². The second-order valence-electron chi connectivity index (χ2n) is 13.3. The Hall–Kier alpha value is -5.23. The normalized spacial score (nSPS) is 20.7. The predicted octanol–water partition coefficient (Wildman–Crippen LogP) is 3.77. The second-order valence-corrected chi connectivity index (χ2v) is 13.3. The summed E-state index contributed by atoms with van der Waals surface area (Å²) in [5, 5.41) is 1.33. The fourth-order valence-corrected chi connectivity index (χ4v) is 7.91. The highest BCUT2D eigenvalue weighted by molar-refractivity contribution is 6.01. The van der Waals surface area contributed by atoms with E-state index in [0.717, 1.165) is 60.3 Å². The van der Waals surface area contributed by atoms with Gasteiger partial charge in [0.1, 0.15) is 16.9 Å². The van der Waals surface area contributed by atoms with Crippen molar-refractivity contribution >= 4 is 38.9 Å². The van der Waals surface area contributed by atoms with Crippen molar-refractivity contribution in [3.05, 3.63) is 74.9 Å². The van der Waals surface area contributed by atoms with Crippen LogP contribution in [-0.2, 0) is 13.6 Å². The van der Waals surface area contributed by atoms with Gasteiger partial charge in [0, 0.05) is 48.7 Å². The molecule has 2 aliphatic carbocycles. The van der Waals surface area contributed by atoms with Crippen LogP contribution < -0.4 is 21.7 Å². The number of ether oxygens (including phenoxy) is 1. The summed E-state index contributed by atoms with van der Waals surface area (Å²) in [5.41, 5.74) is 10.9. The Balaban J connectivity index is 1.18. The van der Waals surface area contributed by atoms with Crippen LogP contribution in [0.25, 0.3) is 55.7 Å². The van der Waals surface area contributed by atoms with Crippen molar-refractivity contribution in [3.63, 3.8) is 0 Å². The first-order valence-electron chi connectivity index (χ1n) is 16.2. The summed E-state index contributed by atoms with van der Waals surface area (Å²) in [4.78, 5) is 55.8. The minimum Gasteiger partial charge on any atom is -0.494 e. The number of hydrogen-bond donors (Lipinski definition) is 3. The molecule has 3 fully saturated rings. The molecular formula is C35H34N8O4. The number of aromatic amines is 2. The molecule has 0 spiro atoms. The number of aryl methyl sites for hydroxylation is 1. The lowest BCUT2D eigenvalue weighted by Crippen LogP contribution is -2.41. The number of H-pyrrole nitrogens is 2. The van der Waals surface area contributed by atoms with Gasteiger partial charge in [0.15, 0.2) is 5.82 Å². The number of carbonyl (C=O) groups is 1. The van der Waals surface area contributed by atoms with E-state index < -0.39 is 11.2 Å². The zero-order chi connectivity index (χ0) is 32.1. The molecule has 1 saturated heterocycles. The number of rotatable bonds is 6. The fourth-order valence-electron chi connectivity index (χ4n) is 7.91. The number of methoxy groups -OCH3 is 1. The molecule has 47 heavy (non-hydrogen) atoms. The molecule has 3 aliphatic rings. The van der Waals surface area contributed by atoms with Gasteiger partial charge in [0.05, 0.1) is 34.9 Å². The van der Waals surface area contributed by atoms with Crippen molar-refractivity contribution in [1.29, 1.82) is 0 Å². The smallest absolute Gasteiger partial charge is 0.326 e. The Labute approximate surface area is 268 Å². The molecule has 9 rings (SSSR count). The van der Waals surface area contributed by atoms with Gasteiger partial charge in [-0.3, -0.25) is 14.6 Å². The average Bonchev–Trinajstić information content (AvgIpc) is 3.47. The van der Waals surface area contributed by atoms with Crippen LogP contribution in [0.3, 0.4) is 0 Å². The van der Waals surface area contributed by atoms with E-state index in [0.29, 0.717) is 57.4 Å². The number of imidazole rings is 1. The third-order valence-corrected chi connectivity index (χ3v) is 10.5. The number of benzene rings is 2. The molecule has 3 atom stereocenters. The number of nitrogens with two attached hydrogens (primary N) is 1. The van der Waals surface area contributed by atoms with Crippen LogP contribution in [0.2, 0.25) is 0 Å². The van der Waals surface area contributed by atoms with E-state index in [9.17, 15) is 14.4 Å². The van der Waals surface area contributed by atoms with Crippen molar-refractivity contribution in [3.8, 4) is 28.5 Å². The van der Waals surface area contributed by atoms with Gasteiger partial charge in [-0.2, -0.15) is 0 Å². The molecule has 5 heterocycles. The lowest BCUT2D eigenvalue weighted by Gasteiger charge is -2.27. The van der Waals surface area contributed by atoms with E-state index in [1.165, 1.54) is 0 Å². The van der Waals surface area contributed by atoms with Gasteiger partial charge < -0.3 is 29.5 Å². The Bertz CT molecular complexity index is 2400. The minimum atomic E-state index is -0.547. The maximum absolute atomic E-state index is 13.8. The lowest BCUT2D eigenvalue weighted by molar-refractivity contribution is 0.0700. The molecular weight excluding hydrogens is 596 g/mol. The quantitative estimate of drug-likeness (QED) is 0.253. The minimum absolute atomic E-state index is 0.0315. The number of fused-ring (bicyclic) bond motifs is 5. The monoisotopic (exact) mass is 630 g/mol. The number of hydrogen-bond acceptors (Lipinski definition) is 7. The second kappa shape index (κ2) is 10.1. The predicted molar refractivity (Wildman–Crippen MR) is 178 cm³/mol. The Morgan fingerprint density at radius 1 is 1.04 bits per heavy atom. The largest absolute Gasteiger partial charge is 0.494 e. The molecule has 6 aromatic rings. The summed E-state index contributed by atoms with van der Waals surface area (Å²) in [7, 11) is 3.58. The summed E-state index contributed by atoms with van der Waals surface area (Å²) in [5.74, 6) is 2.20. The summed E-state index contributed by atoms with van der Waals surface area (Å²) >= 11 is 0. The molecule has 2 bridgehead atoms. The zero-order valence-corrected chi connectivity index (χ0v) is 26.1. The van der Waals surface area contributed by atoms with E-state index in [1.54, 1.807) is 13.2 Å². The number of nitrogens with one attached hydrogen (secondary N) is 2. The third kappa shape index (κ3) is 4.27. The Morgan fingerprint density at radius 3 is 2.64 bits per heavy atom. The molecule has 4 N–H and O–H groups in total. The highest BCUT2D eigenvalue weighted by Crippen LogP contribution is 2.40. The topological polar surface area (TPSA) is 157 Å².